The first-order valence-corrected chi connectivity index (χ1v) is 12.6. The van der Waals surface area contributed by atoms with Crippen LogP contribution in [-0.4, -0.2) is 24.5 Å². The Bertz CT molecular complexity index is 251. The summed E-state index contributed by atoms with van der Waals surface area (Å²) < 4.78 is 0. The highest BCUT2D eigenvalue weighted by Gasteiger charge is 2.16. The number of nitrogens with zero attached hydrogens (tertiary/aromatic N) is 1. The lowest BCUT2D eigenvalue weighted by molar-refractivity contribution is 0.240. The maximum Gasteiger partial charge on any atom is -0.00161 e. The van der Waals surface area contributed by atoms with E-state index >= 15 is 0 Å². The van der Waals surface area contributed by atoms with Gasteiger partial charge in [-0.3, -0.25) is 0 Å². The molecule has 0 aliphatic heterocycles. The Labute approximate surface area is 166 Å². The van der Waals surface area contributed by atoms with E-state index in [1.54, 1.807) is 0 Å². The van der Waals surface area contributed by atoms with Gasteiger partial charge in [-0.25, -0.2) is 0 Å². The summed E-state index contributed by atoms with van der Waals surface area (Å²) in [5, 5.41) is 0. The molecule has 0 radical (unpaired) electrons. The minimum atomic E-state index is 1.06. The average Bonchev–Trinajstić information content (AvgIpc) is 3.17. The van der Waals surface area contributed by atoms with Crippen LogP contribution in [-0.2, 0) is 0 Å². The van der Waals surface area contributed by atoms with Gasteiger partial charge >= 0.3 is 0 Å². The molecule has 0 aromatic heterocycles. The highest BCUT2D eigenvalue weighted by atomic mass is 15.1. The largest absolute Gasteiger partial charge is 0.303 e. The van der Waals surface area contributed by atoms with Crippen molar-refractivity contribution in [1.82, 2.24) is 4.90 Å². The molecule has 0 amide bonds. The van der Waals surface area contributed by atoms with E-state index in [1.165, 1.54) is 142 Å². The average molecular weight is 366 g/mol. The van der Waals surface area contributed by atoms with Crippen molar-refractivity contribution in [3.05, 3.63) is 0 Å². The third-order valence-corrected chi connectivity index (χ3v) is 6.48. The van der Waals surface area contributed by atoms with Gasteiger partial charge in [-0.05, 0) is 44.8 Å². The maximum atomic E-state index is 2.83. The molecule has 0 heterocycles. The number of hydrogen-bond donors (Lipinski definition) is 0. The number of rotatable bonds is 19. The summed E-state index contributed by atoms with van der Waals surface area (Å²) in [4.78, 5) is 2.83. The van der Waals surface area contributed by atoms with Crippen molar-refractivity contribution in [3.8, 4) is 0 Å². The highest BCUT2D eigenvalue weighted by Crippen LogP contribution is 2.27. The second-order valence-electron chi connectivity index (χ2n) is 9.02. The third-order valence-electron chi connectivity index (χ3n) is 6.48. The fraction of sp³-hybridized carbons (Fsp3) is 1.00. The molecule has 0 spiro atoms. The zero-order valence-electron chi connectivity index (χ0n) is 18.6. The van der Waals surface area contributed by atoms with E-state index in [0.717, 1.165) is 5.92 Å². The Kier molecular flexibility index (Phi) is 16.9. The summed E-state index contributed by atoms with van der Waals surface area (Å²) in [5.74, 6) is 1.06. The molecule has 0 N–H and O–H groups in total. The lowest BCUT2D eigenvalue weighted by Crippen LogP contribution is -2.28. The minimum absolute atomic E-state index is 1.06. The highest BCUT2D eigenvalue weighted by molar-refractivity contribution is 4.70. The quantitative estimate of drug-likeness (QED) is 0.208. The van der Waals surface area contributed by atoms with Gasteiger partial charge in [-0.2, -0.15) is 0 Å². The predicted octanol–water partition coefficient (Wildman–Crippen LogP) is 8.37. The molecule has 0 aromatic rings. The van der Waals surface area contributed by atoms with E-state index in [1.807, 2.05) is 0 Å². The normalized spacial score (nSPS) is 15.3. The molecule has 26 heavy (non-hydrogen) atoms. The van der Waals surface area contributed by atoms with Crippen LogP contribution in [0.15, 0.2) is 0 Å². The zero-order chi connectivity index (χ0) is 18.7. The lowest BCUT2D eigenvalue weighted by atomic mass is 10.0. The third kappa shape index (κ3) is 14.1. The van der Waals surface area contributed by atoms with E-state index in [-0.39, 0.29) is 0 Å². The lowest BCUT2D eigenvalue weighted by Gasteiger charge is -2.24. The van der Waals surface area contributed by atoms with Crippen LogP contribution in [0, 0.1) is 5.92 Å². The number of unbranched alkanes of at least 4 members (excludes halogenated alkanes) is 12. The summed E-state index contributed by atoms with van der Waals surface area (Å²) in [7, 11) is 0. The zero-order valence-corrected chi connectivity index (χ0v) is 18.6. The molecule has 0 atom stereocenters. The molecule has 1 saturated carbocycles. The Morgan fingerprint density at radius 2 is 0.962 bits per heavy atom. The van der Waals surface area contributed by atoms with Crippen LogP contribution >= 0.6 is 0 Å². The van der Waals surface area contributed by atoms with Gasteiger partial charge in [-0.1, -0.05) is 117 Å². The summed E-state index contributed by atoms with van der Waals surface area (Å²) in [5.41, 5.74) is 0. The Morgan fingerprint density at radius 3 is 1.42 bits per heavy atom. The van der Waals surface area contributed by atoms with E-state index in [9.17, 15) is 0 Å². The topological polar surface area (TPSA) is 3.24 Å². The molecule has 0 bridgehead atoms. The molecule has 1 nitrogen and oxygen atoms in total. The second kappa shape index (κ2) is 18.3. The first-order valence-electron chi connectivity index (χ1n) is 12.6. The fourth-order valence-corrected chi connectivity index (χ4v) is 4.58. The van der Waals surface area contributed by atoms with Gasteiger partial charge in [0.1, 0.15) is 0 Å². The molecule has 1 heteroatoms. The molecule has 1 fully saturated rings. The van der Waals surface area contributed by atoms with Crippen molar-refractivity contribution in [3.63, 3.8) is 0 Å². The molecular weight excluding hydrogens is 314 g/mol. The van der Waals surface area contributed by atoms with Crippen LogP contribution in [0.4, 0.5) is 0 Å². The SMILES string of the molecule is CCCCCCCCCN(CCCCCCCCC)CCC1CCCC1. The number of hydrogen-bond acceptors (Lipinski definition) is 1. The van der Waals surface area contributed by atoms with Crippen LogP contribution in [0.5, 0.6) is 0 Å². The predicted molar refractivity (Wildman–Crippen MR) is 119 cm³/mol. The van der Waals surface area contributed by atoms with Crippen LogP contribution in [0.25, 0.3) is 0 Å². The molecule has 1 aliphatic rings. The molecular formula is C25H51N. The molecule has 156 valence electrons. The van der Waals surface area contributed by atoms with Crippen LogP contribution in [0.3, 0.4) is 0 Å². The van der Waals surface area contributed by atoms with Crippen LogP contribution in [0.1, 0.15) is 136 Å². The first kappa shape index (κ1) is 24.0. The second-order valence-corrected chi connectivity index (χ2v) is 9.02. The Balaban J connectivity index is 2.09. The van der Waals surface area contributed by atoms with E-state index < -0.39 is 0 Å². The van der Waals surface area contributed by atoms with Gasteiger partial charge in [0, 0.05) is 0 Å². The monoisotopic (exact) mass is 365 g/mol. The summed E-state index contributed by atoms with van der Waals surface area (Å²) >= 11 is 0. The first-order chi connectivity index (χ1) is 12.9. The van der Waals surface area contributed by atoms with Gasteiger partial charge in [0.05, 0.1) is 0 Å². The Morgan fingerprint density at radius 1 is 0.538 bits per heavy atom. The molecule has 0 unspecified atom stereocenters. The van der Waals surface area contributed by atoms with Crippen molar-refractivity contribution < 1.29 is 0 Å². The van der Waals surface area contributed by atoms with Gasteiger partial charge in [0.15, 0.2) is 0 Å². The summed E-state index contributed by atoms with van der Waals surface area (Å²) in [6, 6.07) is 0. The van der Waals surface area contributed by atoms with E-state index in [4.69, 9.17) is 0 Å². The van der Waals surface area contributed by atoms with Crippen molar-refractivity contribution in [2.75, 3.05) is 19.6 Å². The smallest absolute Gasteiger partial charge is 0.00161 e. The molecule has 0 aromatic carbocycles. The molecule has 1 rings (SSSR count). The fourth-order valence-electron chi connectivity index (χ4n) is 4.58. The van der Waals surface area contributed by atoms with Crippen molar-refractivity contribution >= 4 is 0 Å². The minimum Gasteiger partial charge on any atom is -0.303 e. The van der Waals surface area contributed by atoms with Crippen molar-refractivity contribution in [1.29, 1.82) is 0 Å². The summed E-state index contributed by atoms with van der Waals surface area (Å²) in [6.07, 6.45) is 27.7. The molecule has 0 saturated heterocycles. The van der Waals surface area contributed by atoms with Crippen molar-refractivity contribution in [2.45, 2.75) is 136 Å². The van der Waals surface area contributed by atoms with E-state index in [0.29, 0.717) is 0 Å². The van der Waals surface area contributed by atoms with Crippen LogP contribution in [0.2, 0.25) is 0 Å². The maximum absolute atomic E-state index is 2.83. The summed E-state index contributed by atoms with van der Waals surface area (Å²) in [6.45, 7) is 8.75. The van der Waals surface area contributed by atoms with Crippen LogP contribution < -0.4 is 0 Å². The van der Waals surface area contributed by atoms with Gasteiger partial charge in [0.2, 0.25) is 0 Å². The van der Waals surface area contributed by atoms with Gasteiger partial charge in [0.25, 0.3) is 0 Å². The van der Waals surface area contributed by atoms with Gasteiger partial charge < -0.3 is 4.90 Å². The Hall–Kier alpha value is -0.0400. The van der Waals surface area contributed by atoms with E-state index in [2.05, 4.69) is 18.7 Å². The van der Waals surface area contributed by atoms with Crippen molar-refractivity contribution in [2.24, 2.45) is 5.92 Å². The van der Waals surface area contributed by atoms with Gasteiger partial charge in [-0.15, -0.1) is 0 Å². The molecule has 1 aliphatic carbocycles. The standard InChI is InChI=1S/C25H51N/c1-3-5-7-9-11-13-17-22-26(24-21-25-19-15-16-20-25)23-18-14-12-10-8-6-4-2/h25H,3-24H2,1-2H3.